The zero-order valence-corrected chi connectivity index (χ0v) is 21.2. The maximum atomic E-state index is 13.7. The van der Waals surface area contributed by atoms with Gasteiger partial charge in [0.2, 0.25) is 0 Å². The summed E-state index contributed by atoms with van der Waals surface area (Å²) in [5, 5.41) is 5.78. The van der Waals surface area contributed by atoms with Crippen molar-refractivity contribution in [3.05, 3.63) is 24.3 Å². The summed E-state index contributed by atoms with van der Waals surface area (Å²) in [6, 6.07) is 0. The monoisotopic (exact) mass is 496 g/mol. The molecule has 0 aromatic carbocycles. The van der Waals surface area contributed by atoms with E-state index in [0.717, 1.165) is 25.7 Å². The molecule has 4 bridgehead atoms. The quantitative estimate of drug-likeness (QED) is 0.380. The number of amides is 2. The van der Waals surface area contributed by atoms with Crippen molar-refractivity contribution in [3.8, 4) is 0 Å². The van der Waals surface area contributed by atoms with E-state index < -0.39 is 0 Å². The van der Waals surface area contributed by atoms with Gasteiger partial charge in [-0.05, 0) is 86.9 Å². The van der Waals surface area contributed by atoms with Gasteiger partial charge in [-0.25, -0.2) is 9.59 Å². The van der Waals surface area contributed by atoms with Crippen molar-refractivity contribution in [1.82, 2.24) is 10.6 Å². The van der Waals surface area contributed by atoms with Crippen LogP contribution >= 0.6 is 0 Å². The number of Topliss-reactive ketones (excluding diaryl/α,β-unsaturated/α-hetero) is 1. The molecule has 0 radical (unpaired) electrons. The standard InChI is InChI=1S/C29H40N2O5/c32-25(13-28(11-21-5-7-23(28)9-21)17-35-26(33)30-15-19-1-2-19)14-29(12-22-6-8-24(29)10-22)18-36-27(34)31-16-20-3-4-20/h5-8,19-24H,1-4,9-18H2,(H,30,33)(H,31,34). The fourth-order valence-electron chi connectivity index (χ4n) is 7.42. The van der Waals surface area contributed by atoms with Crippen LogP contribution < -0.4 is 10.6 Å². The summed E-state index contributed by atoms with van der Waals surface area (Å²) in [6.07, 6.45) is 17.7. The van der Waals surface area contributed by atoms with Crippen molar-refractivity contribution >= 4 is 18.0 Å². The molecular weight excluding hydrogens is 456 g/mol. The van der Waals surface area contributed by atoms with Crippen LogP contribution in [0.25, 0.3) is 0 Å². The van der Waals surface area contributed by atoms with Crippen molar-refractivity contribution < 1.29 is 23.9 Å². The molecule has 196 valence electrons. The van der Waals surface area contributed by atoms with Crippen molar-refractivity contribution in [3.63, 3.8) is 0 Å². The number of allylic oxidation sites excluding steroid dienone is 4. The van der Waals surface area contributed by atoms with Crippen LogP contribution in [0.4, 0.5) is 9.59 Å². The zero-order chi connectivity index (χ0) is 24.8. The van der Waals surface area contributed by atoms with Crippen LogP contribution in [0, 0.1) is 46.3 Å². The van der Waals surface area contributed by atoms with Crippen LogP contribution in [0.3, 0.4) is 0 Å². The first-order chi connectivity index (χ1) is 17.4. The fraction of sp³-hybridized carbons (Fsp3) is 0.759. The van der Waals surface area contributed by atoms with Gasteiger partial charge in [0.1, 0.15) is 5.78 Å². The topological polar surface area (TPSA) is 93.7 Å². The normalized spacial score (nSPS) is 37.3. The number of alkyl carbamates (subject to hydrolysis) is 2. The maximum absolute atomic E-state index is 13.7. The Labute approximate surface area is 213 Å². The number of carbonyl (C=O) groups is 3. The third kappa shape index (κ3) is 5.21. The van der Waals surface area contributed by atoms with Crippen LogP contribution in [0.1, 0.15) is 64.2 Å². The van der Waals surface area contributed by atoms with Crippen LogP contribution in [-0.2, 0) is 14.3 Å². The molecule has 6 aliphatic rings. The predicted octanol–water partition coefficient (Wildman–Crippen LogP) is 4.77. The highest BCUT2D eigenvalue weighted by Crippen LogP contribution is 2.57. The van der Waals surface area contributed by atoms with Crippen molar-refractivity contribution in [2.45, 2.75) is 64.2 Å². The minimum Gasteiger partial charge on any atom is -0.449 e. The molecule has 0 aromatic rings. The van der Waals surface area contributed by atoms with E-state index in [9.17, 15) is 14.4 Å². The molecule has 6 atom stereocenters. The largest absolute Gasteiger partial charge is 0.449 e. The Morgan fingerprint density at radius 2 is 1.14 bits per heavy atom. The van der Waals surface area contributed by atoms with E-state index in [2.05, 4.69) is 34.9 Å². The average Bonchev–Trinajstić information content (AvgIpc) is 3.71. The Hall–Kier alpha value is -2.31. The summed E-state index contributed by atoms with van der Waals surface area (Å²) in [5.74, 6) is 2.91. The van der Waals surface area contributed by atoms with Gasteiger partial charge in [0.15, 0.2) is 0 Å². The van der Waals surface area contributed by atoms with Gasteiger partial charge < -0.3 is 20.1 Å². The smallest absolute Gasteiger partial charge is 0.407 e. The predicted molar refractivity (Wildman–Crippen MR) is 134 cm³/mol. The first-order valence-electron chi connectivity index (χ1n) is 14.1. The minimum absolute atomic E-state index is 0.209. The summed E-state index contributed by atoms with van der Waals surface area (Å²) in [7, 11) is 0. The SMILES string of the molecule is O=C(CC1(COC(=O)NCC2CC2)CC2C=CC1C2)CC1(COC(=O)NCC2CC2)CC2C=CC1C2. The molecule has 6 aliphatic carbocycles. The number of hydrogen-bond acceptors (Lipinski definition) is 5. The van der Waals surface area contributed by atoms with E-state index in [4.69, 9.17) is 9.47 Å². The number of hydrogen-bond donors (Lipinski definition) is 2. The van der Waals surface area contributed by atoms with E-state index >= 15 is 0 Å². The van der Waals surface area contributed by atoms with Gasteiger partial charge in [-0.2, -0.15) is 0 Å². The van der Waals surface area contributed by atoms with Crippen molar-refractivity contribution in [2.75, 3.05) is 26.3 Å². The molecular formula is C29H40N2O5. The zero-order valence-electron chi connectivity index (χ0n) is 21.2. The van der Waals surface area contributed by atoms with E-state index in [1.807, 2.05) is 0 Å². The lowest BCUT2D eigenvalue weighted by Gasteiger charge is -2.38. The number of carbonyl (C=O) groups excluding carboxylic acids is 3. The molecule has 4 saturated carbocycles. The highest BCUT2D eigenvalue weighted by Gasteiger charge is 2.53. The Bertz CT molecular complexity index is 879. The van der Waals surface area contributed by atoms with Gasteiger partial charge >= 0.3 is 12.2 Å². The first-order valence-corrected chi connectivity index (χ1v) is 14.1. The molecule has 0 saturated heterocycles. The summed E-state index contributed by atoms with van der Waals surface area (Å²) in [6.45, 7) is 1.95. The average molecular weight is 497 g/mol. The lowest BCUT2D eigenvalue weighted by Crippen LogP contribution is -2.40. The molecule has 2 amide bonds. The van der Waals surface area contributed by atoms with Crippen LogP contribution in [-0.4, -0.2) is 44.3 Å². The molecule has 6 unspecified atom stereocenters. The molecule has 0 spiro atoms. The molecule has 7 nitrogen and oxygen atoms in total. The fourth-order valence-corrected chi connectivity index (χ4v) is 7.42. The third-order valence-electron chi connectivity index (χ3n) is 9.80. The van der Waals surface area contributed by atoms with Crippen LogP contribution in [0.15, 0.2) is 24.3 Å². The Balaban J connectivity index is 1.08. The van der Waals surface area contributed by atoms with Crippen LogP contribution in [0.2, 0.25) is 0 Å². The van der Waals surface area contributed by atoms with E-state index in [1.54, 1.807) is 0 Å². The van der Waals surface area contributed by atoms with Gasteiger partial charge in [-0.1, -0.05) is 24.3 Å². The minimum atomic E-state index is -0.360. The van der Waals surface area contributed by atoms with Gasteiger partial charge in [0.05, 0.1) is 13.2 Å². The molecule has 36 heavy (non-hydrogen) atoms. The molecule has 0 aliphatic heterocycles. The van der Waals surface area contributed by atoms with Crippen molar-refractivity contribution in [1.29, 1.82) is 0 Å². The summed E-state index contributed by atoms with van der Waals surface area (Å²) in [5.41, 5.74) is -0.630. The highest BCUT2D eigenvalue weighted by molar-refractivity contribution is 5.80. The lowest BCUT2D eigenvalue weighted by molar-refractivity contribution is -0.126. The lowest BCUT2D eigenvalue weighted by atomic mass is 9.68. The number of fused-ring (bicyclic) bond motifs is 4. The van der Waals surface area contributed by atoms with E-state index in [1.165, 1.54) is 25.7 Å². The van der Waals surface area contributed by atoms with Gasteiger partial charge in [-0.3, -0.25) is 4.79 Å². The second-order valence-electron chi connectivity index (χ2n) is 12.8. The first kappa shape index (κ1) is 24.1. The second kappa shape index (κ2) is 9.53. The Morgan fingerprint density at radius 1 is 0.694 bits per heavy atom. The van der Waals surface area contributed by atoms with E-state index in [-0.39, 0.29) is 40.6 Å². The molecule has 7 heteroatoms. The highest BCUT2D eigenvalue weighted by atomic mass is 16.6. The maximum Gasteiger partial charge on any atom is 0.407 e. The van der Waals surface area contributed by atoms with Gasteiger partial charge in [0, 0.05) is 36.8 Å². The Kier molecular flexibility index (Phi) is 6.37. The molecule has 6 rings (SSSR count). The number of rotatable bonds is 12. The van der Waals surface area contributed by atoms with Crippen molar-refractivity contribution in [2.24, 2.45) is 46.3 Å². The van der Waals surface area contributed by atoms with E-state index in [0.29, 0.717) is 62.8 Å². The second-order valence-corrected chi connectivity index (χ2v) is 12.8. The summed E-state index contributed by atoms with van der Waals surface area (Å²) >= 11 is 0. The number of ketones is 1. The summed E-state index contributed by atoms with van der Waals surface area (Å²) in [4.78, 5) is 38.4. The third-order valence-corrected chi connectivity index (χ3v) is 9.80. The number of nitrogens with one attached hydrogen (secondary N) is 2. The molecule has 0 aromatic heterocycles. The Morgan fingerprint density at radius 3 is 1.47 bits per heavy atom. The molecule has 2 N–H and O–H groups in total. The molecule has 4 fully saturated rings. The number of ether oxygens (including phenoxy) is 2. The summed E-state index contributed by atoms with van der Waals surface area (Å²) < 4.78 is 11.4. The molecule has 0 heterocycles. The van der Waals surface area contributed by atoms with Gasteiger partial charge in [-0.15, -0.1) is 0 Å². The van der Waals surface area contributed by atoms with Crippen LogP contribution in [0.5, 0.6) is 0 Å². The van der Waals surface area contributed by atoms with Gasteiger partial charge in [0.25, 0.3) is 0 Å².